The number of nitrogens with zero attached hydrogens (tertiary/aromatic N) is 3. The lowest BCUT2D eigenvalue weighted by atomic mass is 9.45. The van der Waals surface area contributed by atoms with Crippen LogP contribution in [-0.2, 0) is 35.6 Å². The number of aromatic nitrogens is 2. The molecule has 1 aromatic heterocycles. The second-order valence-corrected chi connectivity index (χ2v) is 16.4. The number of carbonyl (C=O) groups is 2. The number of fused-ring (bicyclic) bond motifs is 2. The van der Waals surface area contributed by atoms with Gasteiger partial charge in [0, 0.05) is 54.1 Å². The number of nitrogens with one attached hydrogen (secondary N) is 3. The monoisotopic (exact) mass is 744 g/mol. The van der Waals surface area contributed by atoms with Gasteiger partial charge in [0.2, 0.25) is 5.91 Å². The third-order valence-electron chi connectivity index (χ3n) is 12.7. The highest BCUT2D eigenvalue weighted by Crippen LogP contribution is 2.61. The number of aliphatic hydroxyl groups is 2. The number of rotatable bonds is 14. The first-order valence-electron chi connectivity index (χ1n) is 19.6. The lowest BCUT2D eigenvalue weighted by molar-refractivity contribution is -0.183. The molecule has 0 unspecified atom stereocenters. The van der Waals surface area contributed by atoms with Gasteiger partial charge in [0.05, 0.1) is 38.6 Å². The van der Waals surface area contributed by atoms with Gasteiger partial charge >= 0.3 is 0 Å². The number of methoxy groups -OCH3 is 1. The molecule has 2 aromatic carbocycles. The summed E-state index contributed by atoms with van der Waals surface area (Å²) in [6, 6.07) is 10.7. The van der Waals surface area contributed by atoms with Gasteiger partial charge in [0.15, 0.2) is 0 Å². The van der Waals surface area contributed by atoms with Gasteiger partial charge < -0.3 is 35.5 Å². The maximum atomic E-state index is 14.3. The molecule has 3 saturated carbocycles. The molecule has 8 atom stereocenters. The molecule has 3 aliphatic carbocycles. The van der Waals surface area contributed by atoms with Crippen molar-refractivity contribution in [1.82, 2.24) is 25.7 Å². The minimum atomic E-state index is -0.902. The van der Waals surface area contributed by atoms with E-state index in [1.165, 1.54) is 6.42 Å². The zero-order valence-corrected chi connectivity index (χ0v) is 33.4. The molecule has 0 spiro atoms. The number of ether oxygens (including phenoxy) is 1. The Balaban J connectivity index is 1.27. The van der Waals surface area contributed by atoms with Gasteiger partial charge in [-0.05, 0) is 79.5 Å². The molecule has 1 aliphatic heterocycles. The van der Waals surface area contributed by atoms with E-state index in [-0.39, 0.29) is 43.0 Å². The van der Waals surface area contributed by atoms with Crippen molar-refractivity contribution in [1.29, 1.82) is 0 Å². The largest absolute Gasteiger partial charge is 0.496 e. The normalized spacial score (nSPS) is 26.5. The van der Waals surface area contributed by atoms with Crippen LogP contribution in [0.25, 0.3) is 11.1 Å². The molecule has 1 saturated heterocycles. The van der Waals surface area contributed by atoms with Crippen molar-refractivity contribution in [3.05, 3.63) is 64.7 Å². The quantitative estimate of drug-likeness (QED) is 0.156. The number of para-hydroxylation sites is 1. The minimum Gasteiger partial charge on any atom is -0.496 e. The van der Waals surface area contributed by atoms with Crippen molar-refractivity contribution in [3.63, 3.8) is 0 Å². The van der Waals surface area contributed by atoms with E-state index in [1.807, 2.05) is 55.4 Å². The van der Waals surface area contributed by atoms with Crippen LogP contribution in [0.5, 0.6) is 5.75 Å². The van der Waals surface area contributed by atoms with Gasteiger partial charge in [0.25, 0.3) is 5.91 Å². The molecule has 4 aliphatic rings. The van der Waals surface area contributed by atoms with Crippen LogP contribution in [0.2, 0.25) is 0 Å². The molecule has 5 N–H and O–H groups in total. The molecule has 0 radical (unpaired) electrons. The molecule has 2 bridgehead atoms. The Kier molecular flexibility index (Phi) is 11.8. The number of anilines is 1. The zero-order chi connectivity index (χ0) is 39.1. The molecule has 12 heteroatoms. The first-order valence-corrected chi connectivity index (χ1v) is 19.6. The van der Waals surface area contributed by atoms with Gasteiger partial charge in [-0.2, -0.15) is 5.06 Å². The average molecular weight is 745 g/mol. The number of H-pyrrole nitrogens is 1. The number of aromatic amines is 1. The van der Waals surface area contributed by atoms with E-state index < -0.39 is 24.2 Å². The maximum absolute atomic E-state index is 14.3. The van der Waals surface area contributed by atoms with Crippen LogP contribution in [0.4, 0.5) is 5.69 Å². The summed E-state index contributed by atoms with van der Waals surface area (Å²) in [6.45, 7) is 12.8. The van der Waals surface area contributed by atoms with Crippen molar-refractivity contribution in [2.24, 2.45) is 29.1 Å². The van der Waals surface area contributed by atoms with E-state index in [2.05, 4.69) is 55.2 Å². The molecule has 3 aromatic rings. The standard InChI is InChI=1S/C42H60N6O6/c1-10-32-33(11-2)45-36(44-32)20-43-40(51)27-15-26(16-29(17-27)47(7)8)30-14-12-13-25(39(30)53-9)21-48-38(37(24(4)50)35(22-49)54-48)41(52)46-34-19-28-18-31(23(34)3)42(28,5)6/h12-17,23-24,28,31,34-35,37-38,49-50H,10-11,18-22H2,1-9H3,(H,43,51)(H,44,45)(H,46,52)/t23-,24-,28+,31+,34-,35-,37-,38-/m0/s1. The van der Waals surface area contributed by atoms with Crippen molar-refractivity contribution in [2.75, 3.05) is 32.7 Å². The Hall–Kier alpha value is -3.97. The third-order valence-corrected chi connectivity index (χ3v) is 12.7. The molecule has 54 heavy (non-hydrogen) atoms. The average Bonchev–Trinajstić information content (AvgIpc) is 3.74. The fourth-order valence-electron chi connectivity index (χ4n) is 9.43. The van der Waals surface area contributed by atoms with Crippen LogP contribution in [0.15, 0.2) is 36.4 Å². The van der Waals surface area contributed by atoms with Crippen LogP contribution in [0, 0.1) is 29.1 Å². The lowest BCUT2D eigenvalue weighted by Crippen LogP contribution is -2.62. The number of amides is 2. The van der Waals surface area contributed by atoms with Crippen LogP contribution >= 0.6 is 0 Å². The van der Waals surface area contributed by atoms with Crippen LogP contribution in [-0.4, -0.2) is 89.2 Å². The first-order chi connectivity index (χ1) is 25.7. The fraction of sp³-hybridized carbons (Fsp3) is 0.595. The highest BCUT2D eigenvalue weighted by Gasteiger charge is 2.57. The van der Waals surface area contributed by atoms with E-state index in [1.54, 1.807) is 19.1 Å². The zero-order valence-electron chi connectivity index (χ0n) is 33.4. The smallest absolute Gasteiger partial charge is 0.251 e. The van der Waals surface area contributed by atoms with Crippen molar-refractivity contribution in [3.8, 4) is 16.9 Å². The Labute approximate surface area is 320 Å². The molecule has 2 heterocycles. The van der Waals surface area contributed by atoms with E-state index in [0.717, 1.165) is 58.9 Å². The highest BCUT2D eigenvalue weighted by molar-refractivity contribution is 5.97. The van der Waals surface area contributed by atoms with Crippen LogP contribution in [0.1, 0.15) is 87.5 Å². The predicted octanol–water partition coefficient (Wildman–Crippen LogP) is 4.87. The van der Waals surface area contributed by atoms with Crippen LogP contribution in [0.3, 0.4) is 0 Å². The molecule has 7 rings (SSSR count). The first kappa shape index (κ1) is 39.7. The van der Waals surface area contributed by atoms with E-state index in [4.69, 9.17) is 9.57 Å². The summed E-state index contributed by atoms with van der Waals surface area (Å²) < 4.78 is 6.07. The van der Waals surface area contributed by atoms with Crippen LogP contribution < -0.4 is 20.3 Å². The topological polar surface area (TPSA) is 152 Å². The summed E-state index contributed by atoms with van der Waals surface area (Å²) in [4.78, 5) is 44.1. The molecule has 294 valence electrons. The highest BCUT2D eigenvalue weighted by atomic mass is 16.7. The predicted molar refractivity (Wildman–Crippen MR) is 209 cm³/mol. The van der Waals surface area contributed by atoms with Gasteiger partial charge in [-0.1, -0.05) is 52.8 Å². The van der Waals surface area contributed by atoms with Gasteiger partial charge in [0.1, 0.15) is 23.7 Å². The SMILES string of the molecule is CCc1nc(CNC(=O)c2cc(-c3cccc(CN4O[C@@H](CO)[C@H]([C@H](C)O)[C@H]4C(=O)N[C@H]4C[C@H]5C[C@H]([C@@H]4C)C5(C)C)c3OC)cc(N(C)C)c2)[nH]c1CC. The summed E-state index contributed by atoms with van der Waals surface area (Å²) in [5.74, 6) is 1.68. The van der Waals surface area contributed by atoms with E-state index >= 15 is 0 Å². The number of carbonyl (C=O) groups excluding carboxylic acids is 2. The molecular formula is C42H60N6O6. The van der Waals surface area contributed by atoms with Gasteiger partial charge in [-0.15, -0.1) is 0 Å². The Bertz CT molecular complexity index is 1800. The molecular weight excluding hydrogens is 684 g/mol. The number of benzene rings is 2. The second kappa shape index (κ2) is 16.0. The fourth-order valence-corrected chi connectivity index (χ4v) is 9.43. The van der Waals surface area contributed by atoms with Gasteiger partial charge in [-0.3, -0.25) is 14.4 Å². The number of aliphatic hydroxyl groups excluding tert-OH is 2. The van der Waals surface area contributed by atoms with Gasteiger partial charge in [-0.25, -0.2) is 4.98 Å². The summed E-state index contributed by atoms with van der Waals surface area (Å²) in [5, 5.41) is 29.3. The van der Waals surface area contributed by atoms with E-state index in [9.17, 15) is 19.8 Å². The third kappa shape index (κ3) is 7.50. The van der Waals surface area contributed by atoms with E-state index in [0.29, 0.717) is 29.1 Å². The Morgan fingerprint density at radius 2 is 1.93 bits per heavy atom. The summed E-state index contributed by atoms with van der Waals surface area (Å²) >= 11 is 0. The number of aryl methyl sites for hydroxylation is 2. The Morgan fingerprint density at radius 3 is 2.52 bits per heavy atom. The summed E-state index contributed by atoms with van der Waals surface area (Å²) in [5.41, 5.74) is 6.02. The number of imidazole rings is 1. The molecule has 2 amide bonds. The summed E-state index contributed by atoms with van der Waals surface area (Å²) in [6.07, 6.45) is 2.14. The number of hydroxylamine groups is 2. The van der Waals surface area contributed by atoms with Crippen molar-refractivity contribution in [2.45, 2.75) is 105 Å². The number of hydrogen-bond acceptors (Lipinski definition) is 9. The maximum Gasteiger partial charge on any atom is 0.251 e. The molecule has 12 nitrogen and oxygen atoms in total. The van der Waals surface area contributed by atoms with Crippen molar-refractivity contribution >= 4 is 17.5 Å². The van der Waals surface area contributed by atoms with Crippen molar-refractivity contribution < 1.29 is 29.4 Å². The minimum absolute atomic E-state index is 0.0360. The number of hydrogen-bond donors (Lipinski definition) is 5. The Morgan fingerprint density at radius 1 is 1.17 bits per heavy atom. The lowest BCUT2D eigenvalue weighted by Gasteiger charge is -2.62. The molecule has 4 fully saturated rings. The second-order valence-electron chi connectivity index (χ2n) is 16.4. The summed E-state index contributed by atoms with van der Waals surface area (Å²) in [7, 11) is 5.46.